The van der Waals surface area contributed by atoms with Crippen molar-refractivity contribution in [3.8, 4) is 0 Å². The zero-order valence-electron chi connectivity index (χ0n) is 9.89. The molecule has 0 aromatic carbocycles. The summed E-state index contributed by atoms with van der Waals surface area (Å²) >= 11 is 0. The van der Waals surface area contributed by atoms with Gasteiger partial charge in [0, 0.05) is 0 Å². The minimum absolute atomic E-state index is 0.0390. The van der Waals surface area contributed by atoms with Crippen molar-refractivity contribution in [2.45, 2.75) is 10.1 Å². The molecule has 0 aliphatic heterocycles. The molecule has 0 atom stereocenters. The summed E-state index contributed by atoms with van der Waals surface area (Å²) in [5.41, 5.74) is -0.0781. The van der Waals surface area contributed by atoms with Crippen molar-refractivity contribution < 1.29 is 19.8 Å². The summed E-state index contributed by atoms with van der Waals surface area (Å²) in [5, 5.41) is 18.7. The van der Waals surface area contributed by atoms with Crippen LogP contribution in [0, 0.1) is 0 Å². The molecule has 0 unspecified atom stereocenters. The van der Waals surface area contributed by atoms with E-state index in [1.807, 2.05) is 0 Å². The fourth-order valence-electron chi connectivity index (χ4n) is 1.25. The Morgan fingerprint density at radius 1 is 0.800 bits per heavy atom. The van der Waals surface area contributed by atoms with E-state index in [1.54, 1.807) is 24.3 Å². The molecule has 0 fully saturated rings. The first-order valence-corrected chi connectivity index (χ1v) is 7.46. The van der Waals surface area contributed by atoms with Crippen LogP contribution in [-0.4, -0.2) is 32.1 Å². The van der Waals surface area contributed by atoms with Gasteiger partial charge >= 0.3 is 11.9 Å². The van der Waals surface area contributed by atoms with Crippen LogP contribution in [0.25, 0.3) is 0 Å². The minimum Gasteiger partial charge on any atom is -0.477 e. The molecule has 6 nitrogen and oxygen atoms in total. The van der Waals surface area contributed by atoms with E-state index in [9.17, 15) is 9.59 Å². The van der Waals surface area contributed by atoms with Gasteiger partial charge < -0.3 is 10.2 Å². The van der Waals surface area contributed by atoms with Crippen molar-refractivity contribution in [1.82, 2.24) is 9.97 Å². The smallest absolute Gasteiger partial charge is 0.354 e. The molecule has 0 radical (unpaired) electrons. The van der Waals surface area contributed by atoms with Crippen LogP contribution in [-0.2, 0) is 0 Å². The second-order valence-electron chi connectivity index (χ2n) is 3.50. The number of hydrogen-bond donors (Lipinski definition) is 2. The molecule has 8 heteroatoms. The van der Waals surface area contributed by atoms with E-state index in [-0.39, 0.29) is 11.4 Å². The van der Waals surface area contributed by atoms with Crippen LogP contribution < -0.4 is 0 Å². The van der Waals surface area contributed by atoms with E-state index in [4.69, 9.17) is 10.2 Å². The molecule has 2 rings (SSSR count). The Bertz CT molecular complexity index is 606. The lowest BCUT2D eigenvalue weighted by Gasteiger charge is -2.02. The third-order valence-corrected chi connectivity index (χ3v) is 4.25. The first-order chi connectivity index (χ1) is 9.56. The highest BCUT2D eigenvalue weighted by atomic mass is 33.1. The van der Waals surface area contributed by atoms with Gasteiger partial charge in [0.2, 0.25) is 0 Å². The topological polar surface area (TPSA) is 100 Å². The second-order valence-corrected chi connectivity index (χ2v) is 5.67. The van der Waals surface area contributed by atoms with E-state index in [1.165, 1.54) is 33.7 Å². The van der Waals surface area contributed by atoms with E-state index in [0.717, 1.165) is 0 Å². The highest BCUT2D eigenvalue weighted by molar-refractivity contribution is 8.76. The van der Waals surface area contributed by atoms with Crippen LogP contribution in [0.2, 0.25) is 0 Å². The van der Waals surface area contributed by atoms with Gasteiger partial charge in [-0.1, -0.05) is 12.1 Å². The molecule has 0 spiro atoms. The fourth-order valence-corrected chi connectivity index (χ4v) is 3.03. The first kappa shape index (κ1) is 14.4. The Labute approximate surface area is 121 Å². The van der Waals surface area contributed by atoms with Crippen LogP contribution in [0.5, 0.6) is 0 Å². The predicted octanol–water partition coefficient (Wildman–Crippen LogP) is 2.67. The number of pyridine rings is 2. The van der Waals surface area contributed by atoms with Gasteiger partial charge in [-0.05, 0) is 45.9 Å². The van der Waals surface area contributed by atoms with Crippen molar-refractivity contribution in [2.75, 3.05) is 0 Å². The maximum atomic E-state index is 10.8. The summed E-state index contributed by atoms with van der Waals surface area (Å²) in [6, 6.07) is 9.35. The van der Waals surface area contributed by atoms with E-state index >= 15 is 0 Å². The Morgan fingerprint density at radius 2 is 1.20 bits per heavy atom. The van der Waals surface area contributed by atoms with Crippen molar-refractivity contribution in [2.24, 2.45) is 0 Å². The third-order valence-electron chi connectivity index (χ3n) is 2.10. The Morgan fingerprint density at radius 3 is 1.55 bits per heavy atom. The molecule has 0 bridgehead atoms. The van der Waals surface area contributed by atoms with E-state index in [2.05, 4.69) is 9.97 Å². The number of hydrogen-bond acceptors (Lipinski definition) is 6. The monoisotopic (exact) mass is 308 g/mol. The minimum atomic E-state index is -1.09. The number of aromatic carboxylic acids is 2. The Kier molecular flexibility index (Phi) is 4.59. The molecular weight excluding hydrogens is 300 g/mol. The molecule has 0 aliphatic carbocycles. The van der Waals surface area contributed by atoms with Gasteiger partial charge in [0.1, 0.15) is 21.4 Å². The van der Waals surface area contributed by atoms with Gasteiger partial charge in [-0.15, -0.1) is 0 Å². The molecule has 0 aliphatic rings. The Balaban J connectivity index is 2.08. The summed E-state index contributed by atoms with van der Waals surface area (Å²) in [7, 11) is 2.42. The second kappa shape index (κ2) is 6.40. The Hall–Kier alpha value is -2.06. The highest BCUT2D eigenvalue weighted by Gasteiger charge is 2.08. The zero-order valence-corrected chi connectivity index (χ0v) is 11.5. The number of carbonyl (C=O) groups is 2. The number of aromatic nitrogens is 2. The van der Waals surface area contributed by atoms with Gasteiger partial charge in [-0.25, -0.2) is 19.6 Å². The maximum Gasteiger partial charge on any atom is 0.354 e. The molecule has 0 saturated carbocycles. The van der Waals surface area contributed by atoms with E-state index < -0.39 is 11.9 Å². The average molecular weight is 308 g/mol. The number of carboxylic acids is 2. The molecule has 102 valence electrons. The lowest BCUT2D eigenvalue weighted by Crippen LogP contribution is -2.00. The standard InChI is InChI=1S/C12H8N2O4S2/c15-11(16)7-3-1-5-9(13-7)19-20-10-6-2-4-8(14-10)12(17)18/h1-6H,(H,15,16)(H,17,18). The predicted molar refractivity (Wildman–Crippen MR) is 74.1 cm³/mol. The lowest BCUT2D eigenvalue weighted by molar-refractivity contribution is 0.0679. The molecule has 0 saturated heterocycles. The number of nitrogens with zero attached hydrogens (tertiary/aromatic N) is 2. The summed E-state index contributed by atoms with van der Waals surface area (Å²) in [5.74, 6) is -2.19. The molecule has 2 aromatic heterocycles. The van der Waals surface area contributed by atoms with Crippen LogP contribution in [0.4, 0.5) is 0 Å². The molecule has 2 N–H and O–H groups in total. The van der Waals surface area contributed by atoms with Crippen LogP contribution in [0.3, 0.4) is 0 Å². The number of rotatable bonds is 5. The van der Waals surface area contributed by atoms with Crippen LogP contribution in [0.15, 0.2) is 46.5 Å². The first-order valence-electron chi connectivity index (χ1n) is 5.31. The molecule has 20 heavy (non-hydrogen) atoms. The van der Waals surface area contributed by atoms with Gasteiger partial charge in [-0.2, -0.15) is 0 Å². The average Bonchev–Trinajstić information content (AvgIpc) is 2.45. The molecule has 2 heterocycles. The fraction of sp³-hybridized carbons (Fsp3) is 0. The van der Waals surface area contributed by atoms with Gasteiger partial charge in [0.05, 0.1) is 0 Å². The van der Waals surface area contributed by atoms with Gasteiger partial charge in [0.25, 0.3) is 0 Å². The largest absolute Gasteiger partial charge is 0.477 e. The highest BCUT2D eigenvalue weighted by Crippen LogP contribution is 2.35. The summed E-state index contributed by atoms with van der Waals surface area (Å²) < 4.78 is 0. The van der Waals surface area contributed by atoms with Gasteiger partial charge in [-0.3, -0.25) is 0 Å². The number of carboxylic acid groups (broad SMARTS) is 2. The van der Waals surface area contributed by atoms with Crippen molar-refractivity contribution in [3.63, 3.8) is 0 Å². The summed E-state index contributed by atoms with van der Waals surface area (Å²) in [4.78, 5) is 29.5. The maximum absolute atomic E-state index is 10.8. The van der Waals surface area contributed by atoms with Crippen molar-refractivity contribution in [1.29, 1.82) is 0 Å². The quantitative estimate of drug-likeness (QED) is 0.813. The SMILES string of the molecule is O=C(O)c1cccc(SSc2cccc(C(=O)O)n2)n1. The van der Waals surface area contributed by atoms with Crippen molar-refractivity contribution >= 4 is 33.5 Å². The van der Waals surface area contributed by atoms with Gasteiger partial charge in [0.15, 0.2) is 0 Å². The zero-order chi connectivity index (χ0) is 14.5. The van der Waals surface area contributed by atoms with Crippen LogP contribution in [0.1, 0.15) is 21.0 Å². The molecule has 2 aromatic rings. The van der Waals surface area contributed by atoms with Crippen molar-refractivity contribution in [3.05, 3.63) is 47.8 Å². The third kappa shape index (κ3) is 3.72. The lowest BCUT2D eigenvalue weighted by atomic mass is 10.4. The van der Waals surface area contributed by atoms with Crippen LogP contribution >= 0.6 is 21.6 Å². The summed E-state index contributed by atoms with van der Waals surface area (Å²) in [6.45, 7) is 0. The normalized spacial score (nSPS) is 10.2. The molecular formula is C12H8N2O4S2. The van der Waals surface area contributed by atoms with E-state index in [0.29, 0.717) is 10.1 Å². The summed E-state index contributed by atoms with van der Waals surface area (Å²) in [6.07, 6.45) is 0. The molecule has 0 amide bonds.